The molecular formula is C19H20N2O2S. The van der Waals surface area contributed by atoms with Crippen LogP contribution in [0.25, 0.3) is 0 Å². The van der Waals surface area contributed by atoms with Gasteiger partial charge in [0.05, 0.1) is 5.56 Å². The summed E-state index contributed by atoms with van der Waals surface area (Å²) in [7, 11) is 0. The van der Waals surface area contributed by atoms with Crippen LogP contribution in [-0.4, -0.2) is 34.5 Å². The monoisotopic (exact) mass is 340 g/mol. The molecule has 4 nitrogen and oxygen atoms in total. The Bertz CT molecular complexity index is 741. The average molecular weight is 340 g/mol. The fourth-order valence-electron chi connectivity index (χ4n) is 3.37. The van der Waals surface area contributed by atoms with Crippen molar-refractivity contribution >= 4 is 23.4 Å². The van der Waals surface area contributed by atoms with E-state index in [9.17, 15) is 4.79 Å². The molecule has 1 aromatic heterocycles. The Morgan fingerprint density at radius 3 is 2.92 bits per heavy atom. The molecule has 2 aliphatic heterocycles. The predicted molar refractivity (Wildman–Crippen MR) is 97.0 cm³/mol. The van der Waals surface area contributed by atoms with Gasteiger partial charge in [0.1, 0.15) is 6.10 Å². The Hall–Kier alpha value is -2.01. The molecule has 1 amide bonds. The van der Waals surface area contributed by atoms with Crippen molar-refractivity contribution in [2.75, 3.05) is 16.4 Å². The molecule has 3 heterocycles. The van der Waals surface area contributed by atoms with Crippen molar-refractivity contribution < 1.29 is 9.53 Å². The summed E-state index contributed by atoms with van der Waals surface area (Å²) in [6.07, 6.45) is 3.84. The number of nitrogens with zero attached hydrogens (tertiary/aromatic N) is 2. The number of rotatable bonds is 3. The molecule has 2 aromatic rings. The first-order valence-electron chi connectivity index (χ1n) is 8.34. The average Bonchev–Trinajstić information content (AvgIpc) is 3.21. The van der Waals surface area contributed by atoms with E-state index in [0.29, 0.717) is 11.4 Å². The van der Waals surface area contributed by atoms with E-state index in [0.717, 1.165) is 30.0 Å². The number of thioether (sulfide) groups is 1. The van der Waals surface area contributed by atoms with Gasteiger partial charge in [-0.15, -0.1) is 0 Å². The lowest BCUT2D eigenvalue weighted by molar-refractivity contribution is 0.0981. The standard InChI is InChI=1S/C19H20N2O2S/c1-13-10-14-4-2-3-5-17(14)21(13)19(22)15-6-7-18(20-11-15)23-16-8-9-24-12-16/h2-7,11,13,16H,8-10,12H2,1H3. The highest BCUT2D eigenvalue weighted by Crippen LogP contribution is 2.33. The molecular weight excluding hydrogens is 320 g/mol. The minimum Gasteiger partial charge on any atom is -0.473 e. The summed E-state index contributed by atoms with van der Waals surface area (Å²) in [6, 6.07) is 11.9. The Labute approximate surface area is 146 Å². The Kier molecular flexibility index (Phi) is 4.19. The molecule has 0 aliphatic carbocycles. The second kappa shape index (κ2) is 6.48. The van der Waals surface area contributed by atoms with E-state index < -0.39 is 0 Å². The molecule has 1 fully saturated rings. The van der Waals surface area contributed by atoms with Crippen LogP contribution in [0.1, 0.15) is 29.3 Å². The van der Waals surface area contributed by atoms with Crippen molar-refractivity contribution in [3.8, 4) is 5.88 Å². The molecule has 2 aliphatic rings. The lowest BCUT2D eigenvalue weighted by Crippen LogP contribution is -2.35. The topological polar surface area (TPSA) is 42.4 Å². The minimum absolute atomic E-state index is 0.00271. The summed E-state index contributed by atoms with van der Waals surface area (Å²) in [5.74, 6) is 2.77. The normalized spacial score (nSPS) is 22.5. The Morgan fingerprint density at radius 1 is 1.29 bits per heavy atom. The fraction of sp³-hybridized carbons (Fsp3) is 0.368. The minimum atomic E-state index is 0.00271. The summed E-state index contributed by atoms with van der Waals surface area (Å²) >= 11 is 1.91. The molecule has 0 radical (unpaired) electrons. The number of benzene rings is 1. The zero-order valence-electron chi connectivity index (χ0n) is 13.6. The zero-order chi connectivity index (χ0) is 16.5. The van der Waals surface area contributed by atoms with Crippen molar-refractivity contribution in [3.05, 3.63) is 53.7 Å². The second-order valence-electron chi connectivity index (χ2n) is 6.35. The van der Waals surface area contributed by atoms with Crippen LogP contribution in [0.15, 0.2) is 42.6 Å². The number of carbonyl (C=O) groups excluding carboxylic acids is 1. The molecule has 24 heavy (non-hydrogen) atoms. The van der Waals surface area contributed by atoms with Crippen molar-refractivity contribution in [2.45, 2.75) is 31.9 Å². The van der Waals surface area contributed by atoms with Gasteiger partial charge in [0.2, 0.25) is 5.88 Å². The van der Waals surface area contributed by atoms with Crippen LogP contribution < -0.4 is 9.64 Å². The van der Waals surface area contributed by atoms with Gasteiger partial charge in [0.25, 0.3) is 5.91 Å². The number of ether oxygens (including phenoxy) is 1. The smallest absolute Gasteiger partial charge is 0.260 e. The molecule has 0 N–H and O–H groups in total. The molecule has 5 heteroatoms. The SMILES string of the molecule is CC1Cc2ccccc2N1C(=O)c1ccc(OC2CCSC2)nc1. The number of hydrogen-bond donors (Lipinski definition) is 0. The molecule has 0 spiro atoms. The lowest BCUT2D eigenvalue weighted by atomic mass is 10.1. The molecule has 124 valence electrons. The fourth-order valence-corrected chi connectivity index (χ4v) is 4.46. The van der Waals surface area contributed by atoms with Crippen LogP contribution in [0.2, 0.25) is 0 Å². The first-order valence-corrected chi connectivity index (χ1v) is 9.50. The van der Waals surface area contributed by atoms with Crippen molar-refractivity contribution in [2.24, 2.45) is 0 Å². The second-order valence-corrected chi connectivity index (χ2v) is 7.50. The zero-order valence-corrected chi connectivity index (χ0v) is 14.5. The van der Waals surface area contributed by atoms with E-state index in [2.05, 4.69) is 18.0 Å². The van der Waals surface area contributed by atoms with Crippen molar-refractivity contribution in [1.29, 1.82) is 0 Å². The van der Waals surface area contributed by atoms with Crippen LogP contribution in [0.4, 0.5) is 5.69 Å². The van der Waals surface area contributed by atoms with Gasteiger partial charge in [-0.05, 0) is 43.2 Å². The Balaban J connectivity index is 1.52. The largest absolute Gasteiger partial charge is 0.473 e. The van der Waals surface area contributed by atoms with E-state index in [1.54, 1.807) is 6.20 Å². The molecule has 1 saturated heterocycles. The van der Waals surface area contributed by atoms with Gasteiger partial charge in [-0.1, -0.05) is 18.2 Å². The number of carbonyl (C=O) groups is 1. The summed E-state index contributed by atoms with van der Waals surface area (Å²) in [6.45, 7) is 2.08. The van der Waals surface area contributed by atoms with E-state index in [1.165, 1.54) is 5.56 Å². The Morgan fingerprint density at radius 2 is 2.17 bits per heavy atom. The maximum atomic E-state index is 12.9. The molecule has 0 bridgehead atoms. The van der Waals surface area contributed by atoms with Crippen LogP contribution in [0, 0.1) is 0 Å². The predicted octanol–water partition coefficient (Wildman–Crippen LogP) is 3.56. The van der Waals surface area contributed by atoms with Crippen LogP contribution in [0.3, 0.4) is 0 Å². The van der Waals surface area contributed by atoms with Crippen LogP contribution >= 0.6 is 11.8 Å². The summed E-state index contributed by atoms with van der Waals surface area (Å²) in [5.41, 5.74) is 2.84. The van der Waals surface area contributed by atoms with Gasteiger partial charge < -0.3 is 9.64 Å². The first-order chi connectivity index (χ1) is 11.7. The van der Waals surface area contributed by atoms with Gasteiger partial charge in [0, 0.05) is 29.7 Å². The quantitative estimate of drug-likeness (QED) is 0.857. The maximum Gasteiger partial charge on any atom is 0.260 e. The third-order valence-corrected chi connectivity index (χ3v) is 5.72. The van der Waals surface area contributed by atoms with Gasteiger partial charge in [-0.3, -0.25) is 4.79 Å². The van der Waals surface area contributed by atoms with Crippen molar-refractivity contribution in [3.63, 3.8) is 0 Å². The molecule has 1 aromatic carbocycles. The van der Waals surface area contributed by atoms with E-state index in [1.807, 2.05) is 47.0 Å². The highest BCUT2D eigenvalue weighted by molar-refractivity contribution is 7.99. The number of pyridine rings is 1. The van der Waals surface area contributed by atoms with E-state index >= 15 is 0 Å². The van der Waals surface area contributed by atoms with Crippen LogP contribution in [-0.2, 0) is 6.42 Å². The van der Waals surface area contributed by atoms with E-state index in [-0.39, 0.29) is 18.1 Å². The summed E-state index contributed by atoms with van der Waals surface area (Å²) < 4.78 is 5.86. The number of hydrogen-bond acceptors (Lipinski definition) is 4. The number of para-hydroxylation sites is 1. The number of aromatic nitrogens is 1. The van der Waals surface area contributed by atoms with E-state index in [4.69, 9.17) is 4.74 Å². The van der Waals surface area contributed by atoms with Gasteiger partial charge in [0.15, 0.2) is 0 Å². The molecule has 4 rings (SSSR count). The molecule has 0 saturated carbocycles. The lowest BCUT2D eigenvalue weighted by Gasteiger charge is -2.22. The highest BCUT2D eigenvalue weighted by atomic mass is 32.2. The van der Waals surface area contributed by atoms with Gasteiger partial charge in [-0.2, -0.15) is 11.8 Å². The molecule has 2 unspecified atom stereocenters. The third-order valence-electron chi connectivity index (χ3n) is 4.58. The number of anilines is 1. The van der Waals surface area contributed by atoms with Crippen LogP contribution in [0.5, 0.6) is 5.88 Å². The third kappa shape index (κ3) is 2.88. The maximum absolute atomic E-state index is 12.9. The first kappa shape index (κ1) is 15.5. The summed E-state index contributed by atoms with van der Waals surface area (Å²) in [5, 5.41) is 0. The number of amides is 1. The molecule has 2 atom stereocenters. The summed E-state index contributed by atoms with van der Waals surface area (Å²) in [4.78, 5) is 19.1. The highest BCUT2D eigenvalue weighted by Gasteiger charge is 2.31. The number of fused-ring (bicyclic) bond motifs is 1. The van der Waals surface area contributed by atoms with Crippen molar-refractivity contribution in [1.82, 2.24) is 4.98 Å². The van der Waals surface area contributed by atoms with Gasteiger partial charge in [-0.25, -0.2) is 4.98 Å². The van der Waals surface area contributed by atoms with Gasteiger partial charge >= 0.3 is 0 Å².